The average molecular weight is 764 g/mol. The number of aliphatic hydroxyl groups excluding tert-OH is 3. The van der Waals surface area contributed by atoms with Crippen molar-refractivity contribution in [3.8, 4) is 0 Å². The number of methoxy groups -OCH3 is 2. The van der Waals surface area contributed by atoms with Gasteiger partial charge < -0.3 is 63.6 Å². The van der Waals surface area contributed by atoms with E-state index in [0.717, 1.165) is 6.92 Å². The van der Waals surface area contributed by atoms with E-state index in [9.17, 15) is 35.1 Å². The lowest BCUT2D eigenvalue weighted by molar-refractivity contribution is -0.325. The molecule has 3 rings (SSSR count). The van der Waals surface area contributed by atoms with Crippen LogP contribution in [-0.4, -0.2) is 154 Å². The highest BCUT2D eigenvalue weighted by Crippen LogP contribution is 2.43. The Morgan fingerprint density at radius 2 is 1.42 bits per heavy atom. The molecule has 0 aliphatic carbocycles. The molecule has 5 N–H and O–H groups in total. The topological polar surface area (TPSA) is 203 Å². The van der Waals surface area contributed by atoms with Gasteiger partial charge in [0.25, 0.3) is 0 Å². The second kappa shape index (κ2) is 17.4. The molecular formula is C38H69NO14. The number of hydrogen-bond donors (Lipinski definition) is 5. The molecule has 15 heteroatoms. The Bertz CT molecular complexity index is 1240. The third-order valence-corrected chi connectivity index (χ3v) is 12.5. The summed E-state index contributed by atoms with van der Waals surface area (Å²) in [5.41, 5.74) is -4.85. The average Bonchev–Trinajstić information content (AvgIpc) is 3.10. The van der Waals surface area contributed by atoms with Gasteiger partial charge in [-0.15, -0.1) is 0 Å². The van der Waals surface area contributed by atoms with Crippen molar-refractivity contribution in [2.24, 2.45) is 23.7 Å². The van der Waals surface area contributed by atoms with Gasteiger partial charge in [0.2, 0.25) is 5.79 Å². The zero-order valence-electron chi connectivity index (χ0n) is 34.3. The fraction of sp³-hybridized carbons (Fsp3) is 0.947. The molecule has 15 nitrogen and oxygen atoms in total. The summed E-state index contributed by atoms with van der Waals surface area (Å²) in [5, 5.41) is 57.3. The Balaban J connectivity index is 2.26. The molecule has 3 saturated heterocycles. The maximum atomic E-state index is 14.2. The molecule has 3 aliphatic rings. The number of rotatable bonds is 8. The zero-order chi connectivity index (χ0) is 40.6. The number of Topliss-reactive ketones (excluding diaryl/α,β-unsaturated/α-hetero) is 1. The number of hydrogen-bond acceptors (Lipinski definition) is 15. The molecule has 8 unspecified atom stereocenters. The summed E-state index contributed by atoms with van der Waals surface area (Å²) in [6.45, 7) is 16.1. The smallest absolute Gasteiger partial charge is 0.313 e. The van der Waals surface area contributed by atoms with Gasteiger partial charge in [-0.05, 0) is 68.5 Å². The van der Waals surface area contributed by atoms with Crippen LogP contribution in [0.15, 0.2) is 0 Å². The second-order valence-corrected chi connectivity index (χ2v) is 16.8. The van der Waals surface area contributed by atoms with E-state index < -0.39 is 107 Å². The minimum absolute atomic E-state index is 0.0422. The SMILES string of the molecule is CC[C@@]1(O)OC(=O)[C@H](C)[C@@H](OC2CC(C)(OC)C(O)C(C)O2)[C@H](C)[C@@H](OC2OC(C)CC(N(C)C)C2O)[C@](C)(OC)C[C@@H](C)C(=O)[C@H](C)[C@@H](O)[C@]1(C)O. The molecular weight excluding hydrogens is 694 g/mol. The van der Waals surface area contributed by atoms with Crippen molar-refractivity contribution >= 4 is 11.8 Å². The number of cyclic esters (lactones) is 1. The number of carbonyl (C=O) groups excluding carboxylic acids is 2. The fourth-order valence-corrected chi connectivity index (χ4v) is 8.54. The number of ether oxygens (including phenoxy) is 7. The van der Waals surface area contributed by atoms with Crippen LogP contribution in [0.5, 0.6) is 0 Å². The van der Waals surface area contributed by atoms with Crippen LogP contribution in [-0.2, 0) is 42.7 Å². The van der Waals surface area contributed by atoms with Gasteiger partial charge in [-0.2, -0.15) is 0 Å². The van der Waals surface area contributed by atoms with Crippen LogP contribution >= 0.6 is 0 Å². The van der Waals surface area contributed by atoms with Crippen LogP contribution in [0.3, 0.4) is 0 Å². The highest BCUT2D eigenvalue weighted by atomic mass is 16.7. The van der Waals surface area contributed by atoms with Crippen molar-refractivity contribution in [1.29, 1.82) is 0 Å². The van der Waals surface area contributed by atoms with Crippen LogP contribution < -0.4 is 0 Å². The first-order valence-corrected chi connectivity index (χ1v) is 19.0. The van der Waals surface area contributed by atoms with E-state index >= 15 is 0 Å². The molecule has 0 aromatic carbocycles. The lowest BCUT2D eigenvalue weighted by Crippen LogP contribution is -2.65. The molecule has 310 valence electrons. The van der Waals surface area contributed by atoms with E-state index in [1.54, 1.807) is 41.5 Å². The largest absolute Gasteiger partial charge is 0.430 e. The van der Waals surface area contributed by atoms with Crippen molar-refractivity contribution < 1.29 is 68.3 Å². The Labute approximate surface area is 315 Å². The van der Waals surface area contributed by atoms with Crippen LogP contribution in [0, 0.1) is 23.7 Å². The standard InChI is InChI=1S/C38H69NO14/c1-15-38(46)37(10,45)30(42)21(4)27(40)19(2)17-36(9,48-14)32(52-34-28(41)25(39(11)12)16-20(3)49-34)22(5)29(23(6)33(44)53-38)51-26-18-35(8,47-13)31(43)24(7)50-26/h19-26,28-32,34,41-43,45-46H,15-18H2,1-14H3/t19-,20?,21+,22+,23-,24?,25?,26?,28?,29+,30-,31?,32-,34?,35?,36-,37+,38-/m1/s1. The minimum atomic E-state index is -2.61. The van der Waals surface area contributed by atoms with Gasteiger partial charge in [0.15, 0.2) is 18.2 Å². The molecule has 3 aliphatic heterocycles. The second-order valence-electron chi connectivity index (χ2n) is 16.8. The number of esters is 1. The summed E-state index contributed by atoms with van der Waals surface area (Å²) < 4.78 is 43.4. The lowest BCUT2D eigenvalue weighted by Gasteiger charge is -2.50. The van der Waals surface area contributed by atoms with Gasteiger partial charge in [0.05, 0.1) is 47.6 Å². The molecule has 0 radical (unpaired) electrons. The third-order valence-electron chi connectivity index (χ3n) is 12.5. The van der Waals surface area contributed by atoms with Crippen LogP contribution in [0.25, 0.3) is 0 Å². The van der Waals surface area contributed by atoms with Crippen LogP contribution in [0.1, 0.15) is 94.9 Å². The summed E-state index contributed by atoms with van der Waals surface area (Å²) in [5.74, 6) is -8.01. The number of nitrogens with zero attached hydrogens (tertiary/aromatic N) is 1. The predicted octanol–water partition coefficient (Wildman–Crippen LogP) is 1.76. The Kier molecular flexibility index (Phi) is 15.1. The summed E-state index contributed by atoms with van der Waals surface area (Å²) in [6, 6.07) is -0.315. The molecule has 0 aromatic heterocycles. The first kappa shape index (κ1) is 46.0. The number of likely N-dealkylation sites (N-methyl/N-ethyl adjacent to an activating group) is 1. The van der Waals surface area contributed by atoms with Crippen LogP contribution in [0.2, 0.25) is 0 Å². The van der Waals surface area contributed by atoms with E-state index in [1.165, 1.54) is 28.1 Å². The molecule has 3 heterocycles. The molecule has 0 spiro atoms. The number of ketones is 1. The fourth-order valence-electron chi connectivity index (χ4n) is 8.54. The van der Waals surface area contributed by atoms with Gasteiger partial charge in [-0.1, -0.05) is 27.7 Å². The summed E-state index contributed by atoms with van der Waals surface area (Å²) >= 11 is 0. The summed E-state index contributed by atoms with van der Waals surface area (Å²) in [4.78, 5) is 30.1. The van der Waals surface area contributed by atoms with Crippen molar-refractivity contribution in [3.63, 3.8) is 0 Å². The minimum Gasteiger partial charge on any atom is -0.430 e. The van der Waals surface area contributed by atoms with Crippen molar-refractivity contribution in [1.82, 2.24) is 4.90 Å². The van der Waals surface area contributed by atoms with E-state index in [-0.39, 0.29) is 31.4 Å². The quantitative estimate of drug-likeness (QED) is 0.224. The van der Waals surface area contributed by atoms with Crippen molar-refractivity contribution in [3.05, 3.63) is 0 Å². The third kappa shape index (κ3) is 9.29. The molecule has 0 aromatic rings. The van der Waals surface area contributed by atoms with E-state index in [2.05, 4.69) is 0 Å². The highest BCUT2D eigenvalue weighted by molar-refractivity contribution is 5.83. The van der Waals surface area contributed by atoms with Gasteiger partial charge >= 0.3 is 5.97 Å². The molecule has 0 bridgehead atoms. The monoisotopic (exact) mass is 763 g/mol. The van der Waals surface area contributed by atoms with Crippen molar-refractivity contribution in [2.75, 3.05) is 28.3 Å². The maximum Gasteiger partial charge on any atom is 0.313 e. The van der Waals surface area contributed by atoms with E-state index in [0.29, 0.717) is 6.42 Å². The Hall–Kier alpha value is -1.34. The lowest BCUT2D eigenvalue weighted by atomic mass is 9.73. The van der Waals surface area contributed by atoms with E-state index in [1.807, 2.05) is 25.9 Å². The Morgan fingerprint density at radius 1 is 0.830 bits per heavy atom. The summed E-state index contributed by atoms with van der Waals surface area (Å²) in [7, 11) is 6.67. The van der Waals surface area contributed by atoms with Gasteiger partial charge in [-0.25, -0.2) is 0 Å². The maximum absolute atomic E-state index is 14.2. The number of carbonyl (C=O) groups is 2. The van der Waals surface area contributed by atoms with Crippen LogP contribution in [0.4, 0.5) is 0 Å². The first-order chi connectivity index (χ1) is 24.3. The normalized spacial score (nSPS) is 49.7. The van der Waals surface area contributed by atoms with Gasteiger partial charge in [0, 0.05) is 50.9 Å². The molecule has 53 heavy (non-hydrogen) atoms. The molecule has 0 saturated carbocycles. The van der Waals surface area contributed by atoms with Gasteiger partial charge in [0.1, 0.15) is 18.0 Å². The van der Waals surface area contributed by atoms with Crippen molar-refractivity contribution in [2.45, 2.75) is 179 Å². The first-order valence-electron chi connectivity index (χ1n) is 19.0. The number of aliphatic hydroxyl groups is 5. The summed E-state index contributed by atoms with van der Waals surface area (Å²) in [6.07, 6.45) is -8.95. The molecule has 0 amide bonds. The molecule has 18 atom stereocenters. The Morgan fingerprint density at radius 3 is 1.94 bits per heavy atom. The highest BCUT2D eigenvalue weighted by Gasteiger charge is 2.58. The zero-order valence-corrected chi connectivity index (χ0v) is 34.3. The van der Waals surface area contributed by atoms with E-state index in [4.69, 9.17) is 33.2 Å². The molecule has 3 fully saturated rings. The predicted molar refractivity (Wildman–Crippen MR) is 192 cm³/mol. The van der Waals surface area contributed by atoms with Gasteiger partial charge in [-0.3, -0.25) is 9.59 Å².